The average Bonchev–Trinajstić information content (AvgIpc) is 2.72. The average molecular weight is 276 g/mol. The van der Waals surface area contributed by atoms with Crippen molar-refractivity contribution in [3.05, 3.63) is 16.1 Å². The molecule has 0 aliphatic rings. The van der Waals surface area contributed by atoms with Gasteiger partial charge in [0.15, 0.2) is 9.84 Å². The van der Waals surface area contributed by atoms with E-state index in [2.05, 4.69) is 11.9 Å². The Balaban J connectivity index is 2.78. The predicted molar refractivity (Wildman–Crippen MR) is 71.8 cm³/mol. The van der Waals surface area contributed by atoms with Crippen LogP contribution in [-0.4, -0.2) is 19.7 Å². The standard InChI is InChI=1S/C11H20N2O2S2/c1-4-5-6-9(12)10-7-16-11(13-10)8(2)17(3,14)15/h7-9H,4-6,12H2,1-3H3. The molecular weight excluding hydrogens is 256 g/mol. The van der Waals surface area contributed by atoms with E-state index in [1.165, 1.54) is 17.6 Å². The lowest BCUT2D eigenvalue weighted by Crippen LogP contribution is -2.12. The minimum Gasteiger partial charge on any atom is -0.323 e. The fraction of sp³-hybridized carbons (Fsp3) is 0.727. The number of nitrogens with zero attached hydrogens (tertiary/aromatic N) is 1. The Labute approximate surface area is 107 Å². The van der Waals surface area contributed by atoms with E-state index in [9.17, 15) is 8.42 Å². The number of rotatable bonds is 6. The van der Waals surface area contributed by atoms with E-state index in [1.807, 2.05) is 5.38 Å². The molecule has 4 nitrogen and oxygen atoms in total. The highest BCUT2D eigenvalue weighted by molar-refractivity contribution is 7.91. The lowest BCUT2D eigenvalue weighted by Gasteiger charge is -2.08. The third kappa shape index (κ3) is 4.04. The molecule has 1 heterocycles. The van der Waals surface area contributed by atoms with Crippen molar-refractivity contribution in [1.29, 1.82) is 0 Å². The molecule has 0 radical (unpaired) electrons. The van der Waals surface area contributed by atoms with E-state index in [0.29, 0.717) is 5.01 Å². The van der Waals surface area contributed by atoms with E-state index < -0.39 is 15.1 Å². The first-order valence-electron chi connectivity index (χ1n) is 5.76. The number of hydrogen-bond acceptors (Lipinski definition) is 5. The molecule has 0 saturated heterocycles. The Morgan fingerprint density at radius 2 is 2.18 bits per heavy atom. The van der Waals surface area contributed by atoms with Gasteiger partial charge in [-0.25, -0.2) is 13.4 Å². The van der Waals surface area contributed by atoms with Crippen molar-refractivity contribution in [2.24, 2.45) is 5.73 Å². The Hall–Kier alpha value is -0.460. The molecule has 0 aliphatic carbocycles. The van der Waals surface area contributed by atoms with Crippen LogP contribution in [0.5, 0.6) is 0 Å². The number of aromatic nitrogens is 1. The van der Waals surface area contributed by atoms with Crippen molar-refractivity contribution < 1.29 is 8.42 Å². The fourth-order valence-corrected chi connectivity index (χ4v) is 3.34. The summed E-state index contributed by atoms with van der Waals surface area (Å²) >= 11 is 1.38. The van der Waals surface area contributed by atoms with Crippen LogP contribution in [0.4, 0.5) is 0 Å². The van der Waals surface area contributed by atoms with E-state index in [-0.39, 0.29) is 6.04 Å². The fourth-order valence-electron chi connectivity index (χ4n) is 1.41. The molecule has 2 unspecified atom stereocenters. The zero-order valence-corrected chi connectivity index (χ0v) is 12.1. The summed E-state index contributed by atoms with van der Waals surface area (Å²) in [7, 11) is -3.08. The first-order valence-corrected chi connectivity index (χ1v) is 8.59. The van der Waals surface area contributed by atoms with Gasteiger partial charge in [0.1, 0.15) is 10.3 Å². The van der Waals surface area contributed by atoms with E-state index in [4.69, 9.17) is 5.73 Å². The minimum atomic E-state index is -3.08. The van der Waals surface area contributed by atoms with Gasteiger partial charge in [-0.2, -0.15) is 0 Å². The molecule has 0 bridgehead atoms. The van der Waals surface area contributed by atoms with Gasteiger partial charge in [-0.05, 0) is 13.3 Å². The Bertz CT molecular complexity index is 454. The van der Waals surface area contributed by atoms with Crippen molar-refractivity contribution in [1.82, 2.24) is 4.98 Å². The van der Waals surface area contributed by atoms with E-state index in [0.717, 1.165) is 25.0 Å². The molecule has 0 fully saturated rings. The van der Waals surface area contributed by atoms with Gasteiger partial charge in [-0.1, -0.05) is 19.8 Å². The second-order valence-corrected chi connectivity index (χ2v) is 7.59. The molecule has 6 heteroatoms. The number of thiazole rings is 1. The summed E-state index contributed by atoms with van der Waals surface area (Å²) in [6.45, 7) is 3.78. The topological polar surface area (TPSA) is 73.1 Å². The number of hydrogen-bond donors (Lipinski definition) is 1. The van der Waals surface area contributed by atoms with Crippen LogP contribution in [0, 0.1) is 0 Å². The largest absolute Gasteiger partial charge is 0.323 e. The minimum absolute atomic E-state index is 0.0771. The second kappa shape index (κ2) is 5.93. The zero-order valence-electron chi connectivity index (χ0n) is 10.5. The third-order valence-electron chi connectivity index (χ3n) is 2.78. The Morgan fingerprint density at radius 3 is 2.71 bits per heavy atom. The first-order chi connectivity index (χ1) is 7.86. The lowest BCUT2D eigenvalue weighted by atomic mass is 10.1. The molecule has 1 rings (SSSR count). The lowest BCUT2D eigenvalue weighted by molar-refractivity contribution is 0.585. The highest BCUT2D eigenvalue weighted by atomic mass is 32.2. The van der Waals surface area contributed by atoms with Gasteiger partial charge in [0.2, 0.25) is 0 Å². The van der Waals surface area contributed by atoms with Crippen LogP contribution in [0.3, 0.4) is 0 Å². The van der Waals surface area contributed by atoms with Gasteiger partial charge < -0.3 is 5.73 Å². The van der Waals surface area contributed by atoms with Crippen molar-refractivity contribution >= 4 is 21.2 Å². The van der Waals surface area contributed by atoms with Gasteiger partial charge in [0, 0.05) is 17.7 Å². The SMILES string of the molecule is CCCCC(N)c1csc(C(C)S(C)(=O)=O)n1. The van der Waals surface area contributed by atoms with Gasteiger partial charge in [-0.3, -0.25) is 0 Å². The molecule has 0 aliphatic heterocycles. The summed E-state index contributed by atoms with van der Waals surface area (Å²) < 4.78 is 22.8. The molecule has 17 heavy (non-hydrogen) atoms. The Kier molecular flexibility index (Phi) is 5.09. The summed E-state index contributed by atoms with van der Waals surface area (Å²) in [5, 5.41) is 1.96. The molecule has 2 N–H and O–H groups in total. The van der Waals surface area contributed by atoms with Crippen molar-refractivity contribution in [3.8, 4) is 0 Å². The van der Waals surface area contributed by atoms with Crippen LogP contribution in [0.25, 0.3) is 0 Å². The maximum absolute atomic E-state index is 11.4. The number of unbranched alkanes of at least 4 members (excludes halogenated alkanes) is 1. The molecule has 0 aromatic carbocycles. The molecule has 98 valence electrons. The van der Waals surface area contributed by atoms with Crippen LogP contribution >= 0.6 is 11.3 Å². The van der Waals surface area contributed by atoms with Crippen LogP contribution < -0.4 is 5.73 Å². The molecular formula is C11H20N2O2S2. The molecule has 0 spiro atoms. The number of sulfone groups is 1. The van der Waals surface area contributed by atoms with Gasteiger partial charge in [0.25, 0.3) is 0 Å². The normalized spacial score (nSPS) is 15.8. The van der Waals surface area contributed by atoms with Crippen LogP contribution in [0.15, 0.2) is 5.38 Å². The maximum Gasteiger partial charge on any atom is 0.156 e. The molecule has 1 aromatic rings. The summed E-state index contributed by atoms with van der Waals surface area (Å²) in [6, 6.07) is -0.0771. The van der Waals surface area contributed by atoms with Crippen molar-refractivity contribution in [3.63, 3.8) is 0 Å². The summed E-state index contributed by atoms with van der Waals surface area (Å²) in [5.74, 6) is 0. The number of nitrogens with two attached hydrogens (primary N) is 1. The first kappa shape index (κ1) is 14.6. The maximum atomic E-state index is 11.4. The zero-order chi connectivity index (χ0) is 13.1. The van der Waals surface area contributed by atoms with E-state index >= 15 is 0 Å². The van der Waals surface area contributed by atoms with Crippen molar-refractivity contribution in [2.75, 3.05) is 6.26 Å². The molecule has 2 atom stereocenters. The predicted octanol–water partition coefficient (Wildman–Crippen LogP) is 2.44. The van der Waals surface area contributed by atoms with Crippen LogP contribution in [-0.2, 0) is 9.84 Å². The Morgan fingerprint density at radius 1 is 1.53 bits per heavy atom. The molecule has 0 amide bonds. The summed E-state index contributed by atoms with van der Waals surface area (Å²) in [5.41, 5.74) is 6.81. The summed E-state index contributed by atoms with van der Waals surface area (Å²) in [4.78, 5) is 4.34. The highest BCUT2D eigenvalue weighted by Gasteiger charge is 2.21. The van der Waals surface area contributed by atoms with Crippen molar-refractivity contribution in [2.45, 2.75) is 44.4 Å². The quantitative estimate of drug-likeness (QED) is 0.866. The summed E-state index contributed by atoms with van der Waals surface area (Å²) in [6.07, 6.45) is 4.29. The van der Waals surface area contributed by atoms with Crippen LogP contribution in [0.2, 0.25) is 0 Å². The monoisotopic (exact) mass is 276 g/mol. The van der Waals surface area contributed by atoms with Crippen LogP contribution in [0.1, 0.15) is 55.1 Å². The van der Waals surface area contributed by atoms with Gasteiger partial charge in [-0.15, -0.1) is 11.3 Å². The second-order valence-electron chi connectivity index (χ2n) is 4.33. The van der Waals surface area contributed by atoms with Gasteiger partial charge >= 0.3 is 0 Å². The molecule has 1 aromatic heterocycles. The highest BCUT2D eigenvalue weighted by Crippen LogP contribution is 2.27. The third-order valence-corrected chi connectivity index (χ3v) is 5.48. The van der Waals surface area contributed by atoms with Gasteiger partial charge in [0.05, 0.1) is 5.69 Å². The smallest absolute Gasteiger partial charge is 0.156 e. The molecule has 0 saturated carbocycles. The van der Waals surface area contributed by atoms with E-state index in [1.54, 1.807) is 6.92 Å².